The molecule has 1 aliphatic heterocycles. The quantitative estimate of drug-likeness (QED) is 0.198. The molecule has 3 aromatic heterocycles. The van der Waals surface area contributed by atoms with E-state index in [2.05, 4.69) is 19.9 Å². The Morgan fingerprint density at radius 3 is 2.50 bits per heavy atom. The number of hydrogen-bond donors (Lipinski definition) is 0. The zero-order valence-electron chi connectivity index (χ0n) is 25.1. The number of alkyl halides is 4. The molecule has 4 aromatic rings. The number of carbonyl (C=O) groups is 1. The van der Waals surface area contributed by atoms with Crippen LogP contribution in [0.3, 0.4) is 0 Å². The van der Waals surface area contributed by atoms with Crippen molar-refractivity contribution in [2.24, 2.45) is 0 Å². The third-order valence-corrected chi connectivity index (χ3v) is 8.73. The van der Waals surface area contributed by atoms with E-state index in [0.29, 0.717) is 66.8 Å². The summed E-state index contributed by atoms with van der Waals surface area (Å²) in [5.41, 5.74) is 0.0829. The topological polar surface area (TPSA) is 102 Å². The van der Waals surface area contributed by atoms with Crippen molar-refractivity contribution in [3.8, 4) is 28.7 Å². The molecule has 0 radical (unpaired) electrons. The van der Waals surface area contributed by atoms with Crippen LogP contribution in [0.4, 0.5) is 33.5 Å². The van der Waals surface area contributed by atoms with Gasteiger partial charge in [-0.15, -0.1) is 0 Å². The number of ether oxygens (including phenoxy) is 1. The van der Waals surface area contributed by atoms with Gasteiger partial charge < -0.3 is 14.5 Å². The van der Waals surface area contributed by atoms with Crippen molar-refractivity contribution >= 4 is 17.4 Å². The van der Waals surface area contributed by atoms with Gasteiger partial charge in [-0.25, -0.2) is 29.3 Å². The zero-order valence-corrected chi connectivity index (χ0v) is 25.1. The highest BCUT2D eigenvalue weighted by atomic mass is 19.3. The van der Waals surface area contributed by atoms with E-state index in [-0.39, 0.29) is 28.5 Å². The largest absolute Gasteiger partial charge is 0.480 e. The second-order valence-electron chi connectivity index (χ2n) is 11.8. The molecule has 1 amide bonds. The second kappa shape index (κ2) is 10.7. The standard InChI is InChI=1S/C31H29F5N8O2/c1-4-42-20-12-37-24(22-23(17-6-7-17)38-15-39-27(22)46-3)41-26(20)44(31(9-10-31)28(42)45)13-16-5-8-18(19(32)11-16)25-40-21(30(2,35)36)14-43(25)29(33)34/h5,8,11-12,14-15,17,29H,4,6-7,9-10,13H2,1-3H3. The van der Waals surface area contributed by atoms with Crippen LogP contribution in [-0.4, -0.2) is 54.6 Å². The fraction of sp³-hybridized carbons (Fsp3) is 0.419. The van der Waals surface area contributed by atoms with Crippen molar-refractivity contribution in [3.05, 3.63) is 59.7 Å². The lowest BCUT2D eigenvalue weighted by Crippen LogP contribution is -2.55. The second-order valence-corrected chi connectivity index (χ2v) is 11.8. The maximum atomic E-state index is 15.6. The number of nitrogens with zero attached hydrogens (tertiary/aromatic N) is 8. The SMILES string of the molecule is CCN1C(=O)C2(CC2)N(Cc2ccc(-c3nc(C(C)(F)F)cn3C(F)F)c(F)c2)c2nc(-c3c(OC)ncnc3C3CC3)ncc21. The predicted octanol–water partition coefficient (Wildman–Crippen LogP) is 6.23. The molecule has 4 heterocycles. The normalized spacial score (nSPS) is 17.2. The molecule has 0 N–H and O–H groups in total. The Morgan fingerprint density at radius 2 is 1.89 bits per heavy atom. The Balaban J connectivity index is 1.30. The molecule has 0 saturated heterocycles. The molecule has 0 bridgehead atoms. The van der Waals surface area contributed by atoms with Gasteiger partial charge in [0.25, 0.3) is 11.8 Å². The van der Waals surface area contributed by atoms with Crippen molar-refractivity contribution in [2.75, 3.05) is 23.5 Å². The first-order chi connectivity index (χ1) is 22.0. The first-order valence-electron chi connectivity index (χ1n) is 14.9. The molecule has 0 unspecified atom stereocenters. The third-order valence-electron chi connectivity index (χ3n) is 8.73. The number of fused-ring (bicyclic) bond motifs is 1. The lowest BCUT2D eigenvalue weighted by atomic mass is 10.0. The summed E-state index contributed by atoms with van der Waals surface area (Å²) in [7, 11) is 1.50. The highest BCUT2D eigenvalue weighted by Gasteiger charge is 2.60. The van der Waals surface area contributed by atoms with Crippen molar-refractivity contribution in [2.45, 2.75) is 70.0 Å². The molecule has 240 valence electrons. The number of methoxy groups -OCH3 is 1. The highest BCUT2D eigenvalue weighted by Crippen LogP contribution is 2.53. The summed E-state index contributed by atoms with van der Waals surface area (Å²) in [6, 6.07) is 3.87. The summed E-state index contributed by atoms with van der Waals surface area (Å²) in [4.78, 5) is 39.2. The lowest BCUT2D eigenvalue weighted by Gasteiger charge is -2.42. The Labute approximate surface area is 260 Å². The van der Waals surface area contributed by atoms with Crippen LogP contribution in [0, 0.1) is 5.82 Å². The predicted molar refractivity (Wildman–Crippen MR) is 156 cm³/mol. The van der Waals surface area contributed by atoms with E-state index in [4.69, 9.17) is 9.72 Å². The van der Waals surface area contributed by atoms with Gasteiger partial charge in [0.2, 0.25) is 5.88 Å². The van der Waals surface area contributed by atoms with Gasteiger partial charge in [0, 0.05) is 32.1 Å². The molecule has 3 aliphatic rings. The van der Waals surface area contributed by atoms with Crippen LogP contribution in [0.5, 0.6) is 5.88 Å². The number of amides is 1. The van der Waals surface area contributed by atoms with Crippen molar-refractivity contribution in [1.82, 2.24) is 29.5 Å². The molecule has 7 rings (SSSR count). The van der Waals surface area contributed by atoms with E-state index in [0.717, 1.165) is 24.6 Å². The van der Waals surface area contributed by atoms with Crippen LogP contribution in [0.1, 0.15) is 68.9 Å². The summed E-state index contributed by atoms with van der Waals surface area (Å²) < 4.78 is 76.6. The monoisotopic (exact) mass is 640 g/mol. The molecular weight excluding hydrogens is 611 g/mol. The van der Waals surface area contributed by atoms with Crippen LogP contribution >= 0.6 is 0 Å². The Morgan fingerprint density at radius 1 is 1.13 bits per heavy atom. The summed E-state index contributed by atoms with van der Waals surface area (Å²) in [5.74, 6) is -3.82. The molecule has 2 saturated carbocycles. The fourth-order valence-electron chi connectivity index (χ4n) is 6.08. The Bertz CT molecular complexity index is 1850. The zero-order chi connectivity index (χ0) is 32.5. The number of rotatable bonds is 9. The fourth-order valence-corrected chi connectivity index (χ4v) is 6.08. The minimum atomic E-state index is -3.50. The van der Waals surface area contributed by atoms with E-state index in [1.807, 2.05) is 11.8 Å². The minimum Gasteiger partial charge on any atom is -0.480 e. The van der Waals surface area contributed by atoms with Crippen molar-refractivity contribution in [3.63, 3.8) is 0 Å². The molecule has 15 heteroatoms. The average molecular weight is 641 g/mol. The van der Waals surface area contributed by atoms with Crippen LogP contribution in [0.15, 0.2) is 36.9 Å². The number of hydrogen-bond acceptors (Lipinski definition) is 8. The third kappa shape index (κ3) is 4.83. The van der Waals surface area contributed by atoms with E-state index in [1.165, 1.54) is 25.6 Å². The number of aromatic nitrogens is 6. The van der Waals surface area contributed by atoms with E-state index in [9.17, 15) is 22.4 Å². The van der Waals surface area contributed by atoms with Crippen molar-refractivity contribution in [1.29, 1.82) is 0 Å². The van der Waals surface area contributed by atoms with Gasteiger partial charge in [0.05, 0.1) is 24.6 Å². The molecule has 1 aromatic carbocycles. The van der Waals surface area contributed by atoms with Gasteiger partial charge in [0.15, 0.2) is 11.6 Å². The van der Waals surface area contributed by atoms with Crippen LogP contribution in [0.25, 0.3) is 22.8 Å². The van der Waals surface area contributed by atoms with Gasteiger partial charge >= 0.3 is 6.55 Å². The highest BCUT2D eigenvalue weighted by molar-refractivity contribution is 6.09. The number of likely N-dealkylation sites (N-methyl/N-ethyl adjacent to an activating group) is 1. The Kier molecular flexibility index (Phi) is 6.97. The van der Waals surface area contributed by atoms with Gasteiger partial charge in [-0.2, -0.15) is 17.6 Å². The van der Waals surface area contributed by atoms with E-state index in [1.54, 1.807) is 11.1 Å². The summed E-state index contributed by atoms with van der Waals surface area (Å²) >= 11 is 0. The molecular formula is C31H29F5N8O2. The van der Waals surface area contributed by atoms with Crippen LogP contribution in [-0.2, 0) is 17.3 Å². The molecule has 2 aliphatic carbocycles. The van der Waals surface area contributed by atoms with Gasteiger partial charge in [-0.1, -0.05) is 6.07 Å². The van der Waals surface area contributed by atoms with E-state index >= 15 is 4.39 Å². The number of anilines is 2. The molecule has 1 spiro atoms. The van der Waals surface area contributed by atoms with E-state index < -0.39 is 35.3 Å². The number of halogens is 5. The minimum absolute atomic E-state index is 0.0451. The smallest absolute Gasteiger partial charge is 0.320 e. The molecule has 0 atom stereocenters. The lowest BCUT2D eigenvalue weighted by molar-refractivity contribution is -0.121. The summed E-state index contributed by atoms with van der Waals surface area (Å²) in [6.07, 6.45) is 6.58. The van der Waals surface area contributed by atoms with Gasteiger partial charge in [-0.3, -0.25) is 9.36 Å². The van der Waals surface area contributed by atoms with Crippen LogP contribution < -0.4 is 14.5 Å². The maximum absolute atomic E-state index is 15.6. The molecule has 46 heavy (non-hydrogen) atoms. The first-order valence-corrected chi connectivity index (χ1v) is 14.9. The van der Waals surface area contributed by atoms with Gasteiger partial charge in [0.1, 0.15) is 40.5 Å². The maximum Gasteiger partial charge on any atom is 0.320 e. The average Bonchev–Trinajstić information content (AvgIpc) is 3.96. The van der Waals surface area contributed by atoms with Gasteiger partial charge in [-0.05, 0) is 50.3 Å². The molecule has 10 nitrogen and oxygen atoms in total. The van der Waals surface area contributed by atoms with Crippen molar-refractivity contribution < 1.29 is 31.5 Å². The number of benzene rings is 1. The number of carbonyl (C=O) groups excluding carboxylic acids is 1. The summed E-state index contributed by atoms with van der Waals surface area (Å²) in [5, 5.41) is 0. The Hall–Kier alpha value is -4.69. The number of imidazole rings is 1. The van der Waals surface area contributed by atoms with Crippen LogP contribution in [0.2, 0.25) is 0 Å². The first kappa shape index (κ1) is 30.0. The summed E-state index contributed by atoms with van der Waals surface area (Å²) in [6.45, 7) is -0.398. The molecule has 2 fully saturated rings.